The van der Waals surface area contributed by atoms with Crippen LogP contribution >= 0.6 is 27.3 Å². The predicted molar refractivity (Wildman–Crippen MR) is 71.2 cm³/mol. The van der Waals surface area contributed by atoms with E-state index in [0.717, 1.165) is 24.7 Å². The van der Waals surface area contributed by atoms with Crippen molar-refractivity contribution >= 4 is 33.2 Å². The maximum Gasteiger partial charge on any atom is 0.228 e. The first kappa shape index (κ1) is 12.1. The zero-order valence-corrected chi connectivity index (χ0v) is 11.6. The highest BCUT2D eigenvalue weighted by Gasteiger charge is 2.25. The molecule has 1 amide bonds. The van der Waals surface area contributed by atoms with E-state index in [1.165, 1.54) is 11.3 Å². The molecule has 88 valence electrons. The Morgan fingerprint density at radius 1 is 1.56 bits per heavy atom. The number of hydrogen-bond donors (Lipinski definition) is 0. The Bertz CT molecular complexity index is 339. The number of likely N-dealkylation sites (tertiary alicyclic amines) is 1. The van der Waals surface area contributed by atoms with E-state index in [9.17, 15) is 4.79 Å². The number of piperidine rings is 1. The number of carbonyl (C=O) groups is 1. The Balaban J connectivity index is 1.97. The van der Waals surface area contributed by atoms with Gasteiger partial charge in [0.05, 0.1) is 6.42 Å². The molecule has 2 rings (SSSR count). The summed E-state index contributed by atoms with van der Waals surface area (Å²) in [6.07, 6.45) is 4.11. The van der Waals surface area contributed by atoms with Crippen molar-refractivity contribution in [3.8, 4) is 0 Å². The van der Waals surface area contributed by atoms with Crippen LogP contribution in [0.3, 0.4) is 0 Å². The van der Waals surface area contributed by atoms with E-state index < -0.39 is 0 Å². The van der Waals surface area contributed by atoms with Gasteiger partial charge in [-0.15, -0.1) is 11.3 Å². The minimum atomic E-state index is 0.284. The van der Waals surface area contributed by atoms with Crippen LogP contribution in [0.4, 0.5) is 0 Å². The topological polar surface area (TPSA) is 20.3 Å². The van der Waals surface area contributed by atoms with Gasteiger partial charge < -0.3 is 4.90 Å². The summed E-state index contributed by atoms with van der Waals surface area (Å²) in [4.78, 5) is 15.4. The zero-order valence-electron chi connectivity index (χ0n) is 9.19. The molecule has 0 aliphatic carbocycles. The molecule has 1 aliphatic heterocycles. The second-order valence-corrected chi connectivity index (χ2v) is 5.83. The highest BCUT2D eigenvalue weighted by atomic mass is 79.9. The Kier molecular flexibility index (Phi) is 4.41. The number of carbonyl (C=O) groups excluding carboxylic acids is 1. The van der Waals surface area contributed by atoms with Crippen LogP contribution in [0.2, 0.25) is 0 Å². The van der Waals surface area contributed by atoms with Gasteiger partial charge in [-0.1, -0.05) is 22.0 Å². The fraction of sp³-hybridized carbons (Fsp3) is 0.583. The van der Waals surface area contributed by atoms with Crippen LogP contribution in [0.1, 0.15) is 24.1 Å². The van der Waals surface area contributed by atoms with Crippen molar-refractivity contribution < 1.29 is 4.79 Å². The molecule has 1 fully saturated rings. The fourth-order valence-electron chi connectivity index (χ4n) is 2.15. The van der Waals surface area contributed by atoms with Gasteiger partial charge >= 0.3 is 0 Å². The lowest BCUT2D eigenvalue weighted by atomic mass is 10.0. The highest BCUT2D eigenvalue weighted by Crippen LogP contribution is 2.20. The van der Waals surface area contributed by atoms with E-state index in [1.807, 2.05) is 17.5 Å². The average Bonchev–Trinajstić information content (AvgIpc) is 2.81. The minimum absolute atomic E-state index is 0.284. The molecular formula is C12H16BrNOS. The maximum absolute atomic E-state index is 12.1. The van der Waals surface area contributed by atoms with Crippen LogP contribution in [-0.2, 0) is 11.2 Å². The van der Waals surface area contributed by atoms with Gasteiger partial charge in [-0.25, -0.2) is 0 Å². The van der Waals surface area contributed by atoms with Gasteiger partial charge in [0.1, 0.15) is 0 Å². The zero-order chi connectivity index (χ0) is 11.4. The van der Waals surface area contributed by atoms with E-state index >= 15 is 0 Å². The predicted octanol–water partition coefficient (Wildman–Crippen LogP) is 3.07. The second kappa shape index (κ2) is 5.82. The first-order valence-corrected chi connectivity index (χ1v) is 7.69. The average molecular weight is 302 g/mol. The highest BCUT2D eigenvalue weighted by molar-refractivity contribution is 9.09. The van der Waals surface area contributed by atoms with Crippen LogP contribution in [0, 0.1) is 0 Å². The van der Waals surface area contributed by atoms with Gasteiger partial charge in [0.2, 0.25) is 5.91 Å². The SMILES string of the molecule is O=C(Cc1cccs1)N1CCCCC1CBr. The normalized spacial score (nSPS) is 21.1. The molecule has 0 N–H and O–H groups in total. The Hall–Kier alpha value is -0.350. The molecule has 2 nitrogen and oxygen atoms in total. The second-order valence-electron chi connectivity index (χ2n) is 4.15. The van der Waals surface area contributed by atoms with Crippen molar-refractivity contribution in [2.75, 3.05) is 11.9 Å². The van der Waals surface area contributed by atoms with Crippen molar-refractivity contribution in [2.45, 2.75) is 31.7 Å². The molecule has 0 spiro atoms. The standard InChI is InChI=1S/C12H16BrNOS/c13-9-10-4-1-2-6-14(10)12(15)8-11-5-3-7-16-11/h3,5,7,10H,1-2,4,6,8-9H2. The molecule has 1 aromatic heterocycles. The van der Waals surface area contributed by atoms with Crippen molar-refractivity contribution in [1.82, 2.24) is 4.90 Å². The van der Waals surface area contributed by atoms with Gasteiger partial charge in [0.25, 0.3) is 0 Å². The largest absolute Gasteiger partial charge is 0.339 e. The van der Waals surface area contributed by atoms with Crippen LogP contribution in [0.25, 0.3) is 0 Å². The summed E-state index contributed by atoms with van der Waals surface area (Å²) in [6, 6.07) is 4.45. The van der Waals surface area contributed by atoms with Crippen LogP contribution in [-0.4, -0.2) is 28.7 Å². The molecule has 0 aromatic carbocycles. The van der Waals surface area contributed by atoms with Crippen molar-refractivity contribution in [2.24, 2.45) is 0 Å². The number of hydrogen-bond acceptors (Lipinski definition) is 2. The lowest BCUT2D eigenvalue weighted by molar-refractivity contribution is -0.133. The maximum atomic E-state index is 12.1. The quantitative estimate of drug-likeness (QED) is 0.786. The van der Waals surface area contributed by atoms with E-state index in [-0.39, 0.29) is 5.91 Å². The number of amides is 1. The molecule has 1 aliphatic rings. The van der Waals surface area contributed by atoms with Gasteiger partial charge in [-0.3, -0.25) is 4.79 Å². The molecule has 1 unspecified atom stereocenters. The summed E-state index contributed by atoms with van der Waals surface area (Å²) in [6.45, 7) is 0.931. The number of thiophene rings is 1. The summed E-state index contributed by atoms with van der Waals surface area (Å²) in [5, 5.41) is 2.93. The molecule has 16 heavy (non-hydrogen) atoms. The summed E-state index contributed by atoms with van der Waals surface area (Å²) in [5.74, 6) is 0.284. The van der Waals surface area contributed by atoms with Gasteiger partial charge in [-0.2, -0.15) is 0 Å². The molecule has 1 saturated heterocycles. The third-order valence-electron chi connectivity index (χ3n) is 3.03. The van der Waals surface area contributed by atoms with E-state index in [0.29, 0.717) is 12.5 Å². The van der Waals surface area contributed by atoms with Crippen molar-refractivity contribution in [1.29, 1.82) is 0 Å². The number of alkyl halides is 1. The van der Waals surface area contributed by atoms with Crippen LogP contribution in [0.5, 0.6) is 0 Å². The first-order valence-electron chi connectivity index (χ1n) is 5.69. The van der Waals surface area contributed by atoms with E-state index in [1.54, 1.807) is 11.3 Å². The number of halogens is 1. The molecule has 1 aromatic rings. The molecule has 0 radical (unpaired) electrons. The van der Waals surface area contributed by atoms with E-state index in [2.05, 4.69) is 20.8 Å². The van der Waals surface area contributed by atoms with Gasteiger partial charge in [0, 0.05) is 22.8 Å². The molecular weight excluding hydrogens is 286 g/mol. The number of nitrogens with zero attached hydrogens (tertiary/aromatic N) is 1. The van der Waals surface area contributed by atoms with Crippen LogP contribution in [0.15, 0.2) is 17.5 Å². The summed E-state index contributed by atoms with van der Waals surface area (Å²) < 4.78 is 0. The monoisotopic (exact) mass is 301 g/mol. The fourth-order valence-corrected chi connectivity index (χ4v) is 3.52. The lowest BCUT2D eigenvalue weighted by Gasteiger charge is -2.34. The smallest absolute Gasteiger partial charge is 0.228 e. The Labute approximate surface area is 109 Å². The van der Waals surface area contributed by atoms with Gasteiger partial charge in [0.15, 0.2) is 0 Å². The molecule has 0 bridgehead atoms. The minimum Gasteiger partial charge on any atom is -0.339 e. The molecule has 4 heteroatoms. The molecule has 0 saturated carbocycles. The summed E-state index contributed by atoms with van der Waals surface area (Å²) in [5.41, 5.74) is 0. The van der Waals surface area contributed by atoms with Crippen LogP contribution < -0.4 is 0 Å². The molecule has 2 heterocycles. The van der Waals surface area contributed by atoms with E-state index in [4.69, 9.17) is 0 Å². The summed E-state index contributed by atoms with van der Waals surface area (Å²) in [7, 11) is 0. The van der Waals surface area contributed by atoms with Gasteiger partial charge in [-0.05, 0) is 30.7 Å². The number of rotatable bonds is 3. The third kappa shape index (κ3) is 2.86. The first-order chi connectivity index (χ1) is 7.81. The lowest BCUT2D eigenvalue weighted by Crippen LogP contribution is -2.45. The molecule has 1 atom stereocenters. The summed E-state index contributed by atoms with van der Waals surface area (Å²) >= 11 is 5.17. The van der Waals surface area contributed by atoms with Crippen molar-refractivity contribution in [3.63, 3.8) is 0 Å². The van der Waals surface area contributed by atoms with Crippen molar-refractivity contribution in [3.05, 3.63) is 22.4 Å². The Morgan fingerprint density at radius 3 is 3.12 bits per heavy atom. The third-order valence-corrected chi connectivity index (χ3v) is 4.65. The Morgan fingerprint density at radius 2 is 2.44 bits per heavy atom.